The zero-order valence-electron chi connectivity index (χ0n) is 15.8. The van der Waals surface area contributed by atoms with Gasteiger partial charge in [-0.15, -0.1) is 0 Å². The highest BCUT2D eigenvalue weighted by atomic mass is 35.5. The Labute approximate surface area is 182 Å². The molecule has 0 aliphatic heterocycles. The predicted molar refractivity (Wildman–Crippen MR) is 114 cm³/mol. The van der Waals surface area contributed by atoms with E-state index in [1.807, 2.05) is 0 Å². The monoisotopic (exact) mass is 453 g/mol. The molecule has 0 saturated heterocycles. The van der Waals surface area contributed by atoms with Gasteiger partial charge in [0.1, 0.15) is 29.4 Å². The maximum atomic E-state index is 14.7. The van der Waals surface area contributed by atoms with Crippen LogP contribution in [0.15, 0.2) is 71.9 Å². The van der Waals surface area contributed by atoms with Crippen molar-refractivity contribution in [3.63, 3.8) is 0 Å². The topological polar surface area (TPSA) is 92.9 Å². The van der Waals surface area contributed by atoms with Crippen LogP contribution in [0.4, 0.5) is 4.39 Å². The number of sulfone groups is 1. The van der Waals surface area contributed by atoms with Gasteiger partial charge in [0.15, 0.2) is 9.84 Å². The molecule has 6 nitrogen and oxygen atoms in total. The molecular formula is C22H13ClFN3O3S. The maximum Gasteiger partial charge on any atom is 0.191 e. The number of fused-ring (bicyclic) bond motifs is 1. The summed E-state index contributed by atoms with van der Waals surface area (Å²) in [5.74, 6) is -0.648. The standard InChI is InChI=1S/C22H13ClFN3O3S/c23-19-6-2-5-17-21(26-13-27-22(17)19)18-12-15(7-8-20(18)24)30-14-3-1-4-16(11-14)31(28,29)10-9-25/h1-8,11-13H,10H2. The normalized spacial score (nSPS) is 11.3. The van der Waals surface area contributed by atoms with Crippen LogP contribution in [-0.4, -0.2) is 24.1 Å². The van der Waals surface area contributed by atoms with Gasteiger partial charge in [0.2, 0.25) is 0 Å². The Morgan fingerprint density at radius 3 is 2.61 bits per heavy atom. The summed E-state index contributed by atoms with van der Waals surface area (Å²) in [6.07, 6.45) is 1.31. The predicted octanol–water partition coefficient (Wildman–Crippen LogP) is 5.18. The first kappa shape index (κ1) is 20.7. The Bertz CT molecular complexity index is 1450. The van der Waals surface area contributed by atoms with Crippen molar-refractivity contribution in [2.24, 2.45) is 0 Å². The number of benzene rings is 3. The van der Waals surface area contributed by atoms with E-state index in [0.717, 1.165) is 0 Å². The third-order valence-electron chi connectivity index (χ3n) is 4.46. The third-order valence-corrected chi connectivity index (χ3v) is 6.25. The van der Waals surface area contributed by atoms with Gasteiger partial charge in [0.05, 0.1) is 27.2 Å². The van der Waals surface area contributed by atoms with Crippen LogP contribution < -0.4 is 4.74 Å². The molecule has 154 valence electrons. The molecule has 0 aliphatic rings. The van der Waals surface area contributed by atoms with Gasteiger partial charge in [-0.25, -0.2) is 22.8 Å². The van der Waals surface area contributed by atoms with Crippen molar-refractivity contribution >= 4 is 32.3 Å². The molecule has 0 amide bonds. The van der Waals surface area contributed by atoms with E-state index in [4.69, 9.17) is 21.6 Å². The third kappa shape index (κ3) is 4.19. The molecule has 1 aromatic heterocycles. The SMILES string of the molecule is N#CCS(=O)(=O)c1cccc(Oc2ccc(F)c(-c3ncnc4c(Cl)cccc34)c2)c1. The molecule has 1 heterocycles. The molecule has 9 heteroatoms. The summed E-state index contributed by atoms with van der Waals surface area (Å²) in [6, 6.07) is 16.7. The van der Waals surface area contributed by atoms with Crippen LogP contribution in [0.3, 0.4) is 0 Å². The first-order chi connectivity index (χ1) is 14.9. The van der Waals surface area contributed by atoms with Crippen molar-refractivity contribution < 1.29 is 17.5 Å². The van der Waals surface area contributed by atoms with E-state index in [-0.39, 0.29) is 22.0 Å². The molecule has 0 N–H and O–H groups in total. The molecule has 4 rings (SSSR count). The second-order valence-electron chi connectivity index (χ2n) is 6.49. The summed E-state index contributed by atoms with van der Waals surface area (Å²) in [7, 11) is -3.74. The van der Waals surface area contributed by atoms with Crippen molar-refractivity contribution in [3.8, 4) is 28.8 Å². The van der Waals surface area contributed by atoms with Gasteiger partial charge in [0.25, 0.3) is 0 Å². The molecule has 0 radical (unpaired) electrons. The lowest BCUT2D eigenvalue weighted by Gasteiger charge is -2.11. The molecular weight excluding hydrogens is 441 g/mol. The zero-order chi connectivity index (χ0) is 22.0. The van der Waals surface area contributed by atoms with Gasteiger partial charge < -0.3 is 4.74 Å². The average Bonchev–Trinajstić information content (AvgIpc) is 2.75. The summed E-state index contributed by atoms with van der Waals surface area (Å²) in [5.41, 5.74) is 1.02. The molecule has 0 fully saturated rings. The quantitative estimate of drug-likeness (QED) is 0.413. The largest absolute Gasteiger partial charge is 0.457 e. The highest BCUT2D eigenvalue weighted by Crippen LogP contribution is 2.34. The molecule has 31 heavy (non-hydrogen) atoms. The Hall–Kier alpha value is -3.54. The smallest absolute Gasteiger partial charge is 0.191 e. The van der Waals surface area contributed by atoms with Crippen molar-refractivity contribution in [1.82, 2.24) is 9.97 Å². The number of para-hydroxylation sites is 1. The minimum atomic E-state index is -3.74. The Morgan fingerprint density at radius 1 is 1.03 bits per heavy atom. The zero-order valence-corrected chi connectivity index (χ0v) is 17.4. The van der Waals surface area contributed by atoms with Gasteiger partial charge in [-0.1, -0.05) is 29.8 Å². The fraction of sp³-hybridized carbons (Fsp3) is 0.0455. The second kappa shape index (κ2) is 8.30. The summed E-state index contributed by atoms with van der Waals surface area (Å²) in [4.78, 5) is 8.34. The van der Waals surface area contributed by atoms with Crippen molar-refractivity contribution in [2.45, 2.75) is 4.90 Å². The molecule has 0 unspecified atom stereocenters. The van der Waals surface area contributed by atoms with E-state index in [1.54, 1.807) is 30.3 Å². The van der Waals surface area contributed by atoms with Crippen LogP contribution in [0, 0.1) is 17.1 Å². The summed E-state index contributed by atoms with van der Waals surface area (Å²) >= 11 is 6.19. The number of rotatable bonds is 5. The number of ether oxygens (including phenoxy) is 1. The number of aromatic nitrogens is 2. The van der Waals surface area contributed by atoms with Crippen LogP contribution in [-0.2, 0) is 9.84 Å². The van der Waals surface area contributed by atoms with Crippen molar-refractivity contribution in [2.75, 3.05) is 5.75 Å². The lowest BCUT2D eigenvalue weighted by molar-refractivity contribution is 0.479. The average molecular weight is 454 g/mol. The van der Waals surface area contributed by atoms with Gasteiger partial charge in [-0.2, -0.15) is 5.26 Å². The molecule has 0 atom stereocenters. The first-order valence-electron chi connectivity index (χ1n) is 8.96. The van der Waals surface area contributed by atoms with E-state index >= 15 is 0 Å². The minimum Gasteiger partial charge on any atom is -0.457 e. The highest BCUT2D eigenvalue weighted by Gasteiger charge is 2.16. The summed E-state index contributed by atoms with van der Waals surface area (Å²) < 4.78 is 44.7. The Kier molecular flexibility index (Phi) is 5.55. The molecule has 0 bridgehead atoms. The lowest BCUT2D eigenvalue weighted by atomic mass is 10.1. The van der Waals surface area contributed by atoms with Gasteiger partial charge in [0, 0.05) is 10.9 Å². The first-order valence-corrected chi connectivity index (χ1v) is 11.0. The fourth-order valence-electron chi connectivity index (χ4n) is 3.05. The minimum absolute atomic E-state index is 0.0367. The molecule has 0 saturated carbocycles. The van der Waals surface area contributed by atoms with Gasteiger partial charge in [-0.05, 0) is 42.5 Å². The van der Waals surface area contributed by atoms with Crippen LogP contribution in [0.2, 0.25) is 5.02 Å². The lowest BCUT2D eigenvalue weighted by Crippen LogP contribution is -2.04. The van der Waals surface area contributed by atoms with E-state index in [9.17, 15) is 12.8 Å². The Morgan fingerprint density at radius 2 is 1.81 bits per heavy atom. The molecule has 0 aliphatic carbocycles. The van der Waals surface area contributed by atoms with Crippen molar-refractivity contribution in [1.29, 1.82) is 5.26 Å². The summed E-state index contributed by atoms with van der Waals surface area (Å²) in [5, 5.41) is 9.71. The van der Waals surface area contributed by atoms with Crippen molar-refractivity contribution in [3.05, 3.63) is 77.8 Å². The Balaban J connectivity index is 1.74. The van der Waals surface area contributed by atoms with Crippen LogP contribution in [0.1, 0.15) is 0 Å². The van der Waals surface area contributed by atoms with E-state index in [1.165, 1.54) is 42.7 Å². The van der Waals surface area contributed by atoms with Gasteiger partial charge >= 0.3 is 0 Å². The number of nitriles is 1. The van der Waals surface area contributed by atoms with E-state index < -0.39 is 21.4 Å². The van der Waals surface area contributed by atoms with E-state index in [2.05, 4.69) is 9.97 Å². The number of halogens is 2. The molecule has 3 aromatic carbocycles. The van der Waals surface area contributed by atoms with Crippen LogP contribution in [0.25, 0.3) is 22.2 Å². The van der Waals surface area contributed by atoms with Gasteiger partial charge in [-0.3, -0.25) is 0 Å². The number of nitrogens with zero attached hydrogens (tertiary/aromatic N) is 3. The van der Waals surface area contributed by atoms with Crippen LogP contribution >= 0.6 is 11.6 Å². The van der Waals surface area contributed by atoms with Crippen LogP contribution in [0.5, 0.6) is 11.5 Å². The van der Waals surface area contributed by atoms with E-state index in [0.29, 0.717) is 21.6 Å². The maximum absolute atomic E-state index is 14.7. The number of hydrogen-bond acceptors (Lipinski definition) is 6. The molecule has 0 spiro atoms. The molecule has 4 aromatic rings. The second-order valence-corrected chi connectivity index (χ2v) is 8.89. The fourth-order valence-corrected chi connectivity index (χ4v) is 4.19. The summed E-state index contributed by atoms with van der Waals surface area (Å²) in [6.45, 7) is 0. The highest BCUT2D eigenvalue weighted by molar-refractivity contribution is 7.91. The number of hydrogen-bond donors (Lipinski definition) is 0.